The van der Waals surface area contributed by atoms with E-state index < -0.39 is 23.4 Å². The summed E-state index contributed by atoms with van der Waals surface area (Å²) in [6.45, 7) is 1.03. The number of hydrogen-bond donors (Lipinski definition) is 1. The Morgan fingerprint density at radius 3 is 2.26 bits per heavy atom. The van der Waals surface area contributed by atoms with E-state index in [0.717, 1.165) is 6.08 Å². The number of nitrogens with one attached hydrogen (secondary N) is 1. The van der Waals surface area contributed by atoms with Crippen LogP contribution in [0.15, 0.2) is 36.4 Å². The normalized spacial score (nSPS) is 10.5. The molecule has 164 valence electrons. The molecular weight excluding hydrogens is 408 g/mol. The molecule has 1 amide bonds. The number of methoxy groups -OCH3 is 3. The van der Waals surface area contributed by atoms with Crippen LogP contribution in [0.2, 0.25) is 0 Å². The molecule has 0 fully saturated rings. The standard InChI is InChI=1S/C21H22N2O8/c1-13-5-7-15(11-16(13)23(26)27)22-19(24)12-31-20(25)8-6-14-9-17(28-2)21(30-4)18(10-14)29-3/h5-11H,12H2,1-4H3,(H,22,24). The van der Waals surface area contributed by atoms with E-state index in [1.54, 1.807) is 19.1 Å². The van der Waals surface area contributed by atoms with Crippen molar-refractivity contribution in [2.24, 2.45) is 0 Å². The van der Waals surface area contributed by atoms with Crippen molar-refractivity contribution in [2.45, 2.75) is 6.92 Å². The Hall–Kier alpha value is -4.08. The van der Waals surface area contributed by atoms with E-state index in [-0.39, 0.29) is 11.4 Å². The molecule has 0 aliphatic heterocycles. The van der Waals surface area contributed by atoms with Crippen LogP contribution in [-0.2, 0) is 14.3 Å². The third kappa shape index (κ3) is 6.20. The van der Waals surface area contributed by atoms with Gasteiger partial charge in [0.15, 0.2) is 18.1 Å². The summed E-state index contributed by atoms with van der Waals surface area (Å²) in [5.74, 6) is -0.132. The quantitative estimate of drug-likeness (QED) is 0.278. The van der Waals surface area contributed by atoms with Crippen molar-refractivity contribution in [1.82, 2.24) is 0 Å². The Morgan fingerprint density at radius 1 is 1.06 bits per heavy atom. The number of carbonyl (C=O) groups excluding carboxylic acids is 2. The number of hydrogen-bond acceptors (Lipinski definition) is 8. The summed E-state index contributed by atoms with van der Waals surface area (Å²) in [7, 11) is 4.42. The average molecular weight is 430 g/mol. The van der Waals surface area contributed by atoms with E-state index in [1.807, 2.05) is 0 Å². The number of ether oxygens (including phenoxy) is 4. The third-order valence-electron chi connectivity index (χ3n) is 4.13. The lowest BCUT2D eigenvalue weighted by molar-refractivity contribution is -0.385. The fourth-order valence-corrected chi connectivity index (χ4v) is 2.63. The van der Waals surface area contributed by atoms with Crippen LogP contribution < -0.4 is 19.5 Å². The van der Waals surface area contributed by atoms with E-state index in [1.165, 1.54) is 45.6 Å². The second kappa shape index (κ2) is 10.6. The first-order chi connectivity index (χ1) is 14.8. The lowest BCUT2D eigenvalue weighted by atomic mass is 10.1. The van der Waals surface area contributed by atoms with Gasteiger partial charge in [0, 0.05) is 23.4 Å². The largest absolute Gasteiger partial charge is 0.493 e. The zero-order valence-electron chi connectivity index (χ0n) is 17.5. The van der Waals surface area contributed by atoms with Crippen LogP contribution in [0.25, 0.3) is 6.08 Å². The van der Waals surface area contributed by atoms with Crippen LogP contribution in [0.4, 0.5) is 11.4 Å². The van der Waals surface area contributed by atoms with Crippen molar-refractivity contribution in [2.75, 3.05) is 33.3 Å². The molecule has 0 saturated heterocycles. The molecule has 0 bridgehead atoms. The van der Waals surface area contributed by atoms with Gasteiger partial charge in [0.25, 0.3) is 11.6 Å². The van der Waals surface area contributed by atoms with Gasteiger partial charge in [0.2, 0.25) is 5.75 Å². The first-order valence-corrected chi connectivity index (χ1v) is 8.98. The molecule has 0 spiro atoms. The molecule has 0 aliphatic carbocycles. The summed E-state index contributed by atoms with van der Waals surface area (Å²) in [6, 6.07) is 7.55. The highest BCUT2D eigenvalue weighted by atomic mass is 16.6. The van der Waals surface area contributed by atoms with Gasteiger partial charge in [-0.2, -0.15) is 0 Å². The molecular formula is C21H22N2O8. The second-order valence-corrected chi connectivity index (χ2v) is 6.21. The number of nitro groups is 1. The molecule has 1 N–H and O–H groups in total. The Labute approximate surface area is 178 Å². The molecule has 2 rings (SSSR count). The first kappa shape index (κ1) is 23.2. The minimum Gasteiger partial charge on any atom is -0.493 e. The highest BCUT2D eigenvalue weighted by molar-refractivity contribution is 5.95. The summed E-state index contributed by atoms with van der Waals surface area (Å²) in [6.07, 6.45) is 2.61. The fraction of sp³-hybridized carbons (Fsp3) is 0.238. The number of amides is 1. The number of nitrogens with zero attached hydrogens (tertiary/aromatic N) is 1. The van der Waals surface area contributed by atoms with Crippen LogP contribution in [0.3, 0.4) is 0 Å². The Kier molecular flexibility index (Phi) is 7.95. The highest BCUT2D eigenvalue weighted by Crippen LogP contribution is 2.38. The van der Waals surface area contributed by atoms with Gasteiger partial charge < -0.3 is 24.3 Å². The lowest BCUT2D eigenvalue weighted by Gasteiger charge is -2.12. The zero-order valence-corrected chi connectivity index (χ0v) is 17.5. The first-order valence-electron chi connectivity index (χ1n) is 8.98. The topological polar surface area (TPSA) is 126 Å². The van der Waals surface area contributed by atoms with Crippen molar-refractivity contribution in [3.8, 4) is 17.2 Å². The van der Waals surface area contributed by atoms with E-state index in [2.05, 4.69) is 5.32 Å². The third-order valence-corrected chi connectivity index (χ3v) is 4.13. The minimum absolute atomic E-state index is 0.122. The molecule has 0 heterocycles. The van der Waals surface area contributed by atoms with Crippen molar-refractivity contribution in [3.63, 3.8) is 0 Å². The summed E-state index contributed by atoms with van der Waals surface area (Å²) in [4.78, 5) is 34.3. The molecule has 0 radical (unpaired) electrons. The number of nitro benzene ring substituents is 1. The van der Waals surface area contributed by atoms with E-state index in [4.69, 9.17) is 18.9 Å². The summed E-state index contributed by atoms with van der Waals surface area (Å²) in [5.41, 5.74) is 1.16. The summed E-state index contributed by atoms with van der Waals surface area (Å²) >= 11 is 0. The Bertz CT molecular complexity index is 991. The van der Waals surface area contributed by atoms with Crippen LogP contribution in [0.5, 0.6) is 17.2 Å². The number of anilines is 1. The molecule has 2 aromatic carbocycles. The highest BCUT2D eigenvalue weighted by Gasteiger charge is 2.14. The Balaban J connectivity index is 1.97. The van der Waals surface area contributed by atoms with Crippen LogP contribution in [0, 0.1) is 17.0 Å². The number of esters is 1. The van der Waals surface area contributed by atoms with Crippen molar-refractivity contribution >= 4 is 29.3 Å². The number of benzene rings is 2. The monoisotopic (exact) mass is 430 g/mol. The van der Waals surface area contributed by atoms with Gasteiger partial charge in [-0.25, -0.2) is 4.79 Å². The van der Waals surface area contributed by atoms with Crippen molar-refractivity contribution in [3.05, 3.63) is 57.6 Å². The van der Waals surface area contributed by atoms with Gasteiger partial charge in [-0.1, -0.05) is 6.07 Å². The van der Waals surface area contributed by atoms with Crippen molar-refractivity contribution in [1.29, 1.82) is 0 Å². The van der Waals surface area contributed by atoms with Gasteiger partial charge in [-0.15, -0.1) is 0 Å². The van der Waals surface area contributed by atoms with Crippen LogP contribution in [0.1, 0.15) is 11.1 Å². The number of carbonyl (C=O) groups is 2. The van der Waals surface area contributed by atoms with E-state index >= 15 is 0 Å². The Morgan fingerprint density at radius 2 is 1.71 bits per heavy atom. The predicted octanol–water partition coefficient (Wildman–Crippen LogP) is 3.12. The summed E-state index contributed by atoms with van der Waals surface area (Å²) < 4.78 is 20.6. The average Bonchev–Trinajstić information content (AvgIpc) is 2.76. The maximum Gasteiger partial charge on any atom is 0.331 e. The second-order valence-electron chi connectivity index (χ2n) is 6.21. The number of aryl methyl sites for hydroxylation is 1. The smallest absolute Gasteiger partial charge is 0.331 e. The van der Waals surface area contributed by atoms with E-state index in [9.17, 15) is 19.7 Å². The van der Waals surface area contributed by atoms with Gasteiger partial charge in [-0.3, -0.25) is 14.9 Å². The molecule has 0 atom stereocenters. The maximum atomic E-state index is 12.0. The van der Waals surface area contributed by atoms with Crippen LogP contribution in [-0.4, -0.2) is 44.7 Å². The van der Waals surface area contributed by atoms with Gasteiger partial charge in [-0.05, 0) is 36.8 Å². The maximum absolute atomic E-state index is 12.0. The molecule has 31 heavy (non-hydrogen) atoms. The number of rotatable bonds is 9. The van der Waals surface area contributed by atoms with Crippen molar-refractivity contribution < 1.29 is 33.5 Å². The lowest BCUT2D eigenvalue weighted by Crippen LogP contribution is -2.20. The minimum atomic E-state index is -0.751. The molecule has 0 saturated carbocycles. The predicted molar refractivity (Wildman–Crippen MR) is 113 cm³/mol. The molecule has 10 nitrogen and oxygen atoms in total. The molecule has 0 aromatic heterocycles. The SMILES string of the molecule is COc1cc(C=CC(=O)OCC(=O)Nc2ccc(C)c([N+](=O)[O-])c2)cc(OC)c1OC. The van der Waals surface area contributed by atoms with Gasteiger partial charge in [0.1, 0.15) is 0 Å². The summed E-state index contributed by atoms with van der Waals surface area (Å²) in [5, 5.41) is 13.4. The fourth-order valence-electron chi connectivity index (χ4n) is 2.63. The molecule has 2 aromatic rings. The molecule has 10 heteroatoms. The molecule has 0 unspecified atom stereocenters. The molecule has 0 aliphatic rings. The van der Waals surface area contributed by atoms with Gasteiger partial charge >= 0.3 is 5.97 Å². The van der Waals surface area contributed by atoms with Gasteiger partial charge in [0.05, 0.1) is 26.3 Å². The van der Waals surface area contributed by atoms with E-state index in [0.29, 0.717) is 28.4 Å². The zero-order chi connectivity index (χ0) is 23.0. The van der Waals surface area contributed by atoms with Crippen LogP contribution >= 0.6 is 0 Å².